The molecule has 4 aromatic rings. The number of carbonyl (C=O) groups is 4. The van der Waals surface area contributed by atoms with Gasteiger partial charge in [-0.05, 0) is 100 Å². The van der Waals surface area contributed by atoms with Crippen LogP contribution in [0, 0.1) is 11.6 Å². The first kappa shape index (κ1) is 51.1. The molecule has 0 unspecified atom stereocenters. The largest absolute Gasteiger partial charge is 0.444 e. The molecule has 2 saturated heterocycles. The SMILES string of the molecule is CC(C)(C)OC(=O)N1CCN(c2c(F)ccc(NCc3ccccc3)c2CN)CC1.CC(C)(C)OC(=O)N1CCN(c2c(F)ccc3c2CNC(=O)N3Cc2ccccc2)CC1.O=C(Cl)Cl. The molecule has 2 fully saturated rings. The smallest absolute Gasteiger partial charge is 0.410 e. The molecular weight excluding hydrogens is 893 g/mol. The van der Waals surface area contributed by atoms with E-state index in [1.54, 1.807) is 26.8 Å². The third-order valence-corrected chi connectivity index (χ3v) is 10.6. The van der Waals surface area contributed by atoms with E-state index in [0.717, 1.165) is 27.9 Å². The Morgan fingerprint density at radius 1 is 0.682 bits per heavy atom. The van der Waals surface area contributed by atoms with Gasteiger partial charge in [-0.3, -0.25) is 9.69 Å². The number of nitrogens with two attached hydrogens (primary N) is 1. The van der Waals surface area contributed by atoms with Gasteiger partial charge >= 0.3 is 22.9 Å². The summed E-state index contributed by atoms with van der Waals surface area (Å²) in [6, 6.07) is 25.8. The van der Waals surface area contributed by atoms with Gasteiger partial charge in [0.05, 0.1) is 23.6 Å². The molecule has 0 aromatic heterocycles. The number of amides is 4. The minimum Gasteiger partial charge on any atom is -0.444 e. The van der Waals surface area contributed by atoms with Crippen molar-refractivity contribution in [3.05, 3.63) is 119 Å². The number of anilines is 4. The average Bonchev–Trinajstić information content (AvgIpc) is 3.26. The number of rotatable bonds is 8. The Bertz CT molecular complexity index is 2280. The van der Waals surface area contributed by atoms with E-state index < -0.39 is 15.9 Å². The molecule has 3 aliphatic rings. The maximum atomic E-state index is 15.0. The third kappa shape index (κ3) is 14.6. The first-order valence-electron chi connectivity index (χ1n) is 21.7. The molecule has 4 aromatic carbocycles. The van der Waals surface area contributed by atoms with Gasteiger partial charge in [-0.25, -0.2) is 23.2 Å². The lowest BCUT2D eigenvalue weighted by atomic mass is 10.0. The molecule has 356 valence electrons. The second-order valence-corrected chi connectivity index (χ2v) is 18.6. The molecule has 4 N–H and O–H groups in total. The maximum absolute atomic E-state index is 15.0. The van der Waals surface area contributed by atoms with Gasteiger partial charge in [0.2, 0.25) is 0 Å². The van der Waals surface area contributed by atoms with E-state index in [4.69, 9.17) is 20.0 Å². The van der Waals surface area contributed by atoms with Gasteiger partial charge in [-0.2, -0.15) is 0 Å². The molecule has 0 bridgehead atoms. The molecule has 0 saturated carbocycles. The second-order valence-electron chi connectivity index (χ2n) is 17.7. The molecule has 0 aliphatic carbocycles. The van der Waals surface area contributed by atoms with E-state index in [1.807, 2.05) is 112 Å². The van der Waals surface area contributed by atoms with Crippen molar-refractivity contribution in [2.75, 3.05) is 72.4 Å². The molecule has 3 aliphatic heterocycles. The predicted octanol–water partition coefficient (Wildman–Crippen LogP) is 9.65. The van der Waals surface area contributed by atoms with Gasteiger partial charge in [0.1, 0.15) is 22.8 Å². The van der Waals surface area contributed by atoms with E-state index in [9.17, 15) is 18.8 Å². The van der Waals surface area contributed by atoms with Crippen molar-refractivity contribution < 1.29 is 37.4 Å². The monoisotopic (exact) mass is 952 g/mol. The van der Waals surface area contributed by atoms with E-state index >= 15 is 4.39 Å². The van der Waals surface area contributed by atoms with Crippen LogP contribution in [-0.2, 0) is 35.7 Å². The van der Waals surface area contributed by atoms with Gasteiger partial charge in [0.25, 0.3) is 0 Å². The van der Waals surface area contributed by atoms with Crippen LogP contribution in [0.25, 0.3) is 0 Å². The highest BCUT2D eigenvalue weighted by Gasteiger charge is 2.33. The van der Waals surface area contributed by atoms with Gasteiger partial charge < -0.3 is 45.4 Å². The van der Waals surface area contributed by atoms with Crippen LogP contribution < -0.4 is 31.1 Å². The van der Waals surface area contributed by atoms with Crippen molar-refractivity contribution in [1.82, 2.24) is 15.1 Å². The fraction of sp³-hybridized carbons (Fsp3) is 0.417. The lowest BCUT2D eigenvalue weighted by Crippen LogP contribution is -2.51. The highest BCUT2D eigenvalue weighted by atomic mass is 35.5. The van der Waals surface area contributed by atoms with E-state index in [2.05, 4.69) is 33.8 Å². The quantitative estimate of drug-likeness (QED) is 0.146. The maximum Gasteiger partial charge on any atom is 0.410 e. The minimum absolute atomic E-state index is 0.200. The van der Waals surface area contributed by atoms with Crippen LogP contribution in [0.1, 0.15) is 63.8 Å². The Balaban J connectivity index is 0.000000229. The van der Waals surface area contributed by atoms with Crippen molar-refractivity contribution in [3.8, 4) is 0 Å². The molecule has 0 radical (unpaired) electrons. The summed E-state index contributed by atoms with van der Waals surface area (Å²) in [7, 11) is 0. The number of urea groups is 1. The van der Waals surface area contributed by atoms with E-state index in [-0.39, 0.29) is 42.9 Å². The Kier molecular flexibility index (Phi) is 17.9. The summed E-state index contributed by atoms with van der Waals surface area (Å²) in [4.78, 5) is 55.1. The summed E-state index contributed by atoms with van der Waals surface area (Å²) < 4.78 is 39.8. The zero-order valence-corrected chi connectivity index (χ0v) is 39.9. The van der Waals surface area contributed by atoms with Gasteiger partial charge in [-0.15, -0.1) is 0 Å². The van der Waals surface area contributed by atoms with Crippen LogP contribution in [-0.4, -0.2) is 96.3 Å². The normalized spacial score (nSPS) is 15.0. The van der Waals surface area contributed by atoms with Crippen molar-refractivity contribution in [1.29, 1.82) is 0 Å². The summed E-state index contributed by atoms with van der Waals surface area (Å²) in [5.41, 5.74) is 11.1. The Morgan fingerprint density at radius 3 is 1.62 bits per heavy atom. The van der Waals surface area contributed by atoms with E-state index in [1.165, 1.54) is 12.1 Å². The van der Waals surface area contributed by atoms with Crippen molar-refractivity contribution in [3.63, 3.8) is 0 Å². The predicted molar refractivity (Wildman–Crippen MR) is 256 cm³/mol. The highest BCUT2D eigenvalue weighted by Crippen LogP contribution is 2.37. The molecule has 0 spiro atoms. The zero-order chi connectivity index (χ0) is 48.2. The number of nitrogens with one attached hydrogen (secondary N) is 2. The summed E-state index contributed by atoms with van der Waals surface area (Å²) in [5, 5.41) is 6.26. The Hall–Kier alpha value is -5.84. The number of nitrogens with zero attached hydrogens (tertiary/aromatic N) is 5. The molecule has 18 heteroatoms. The lowest BCUT2D eigenvalue weighted by Gasteiger charge is -2.39. The number of benzene rings is 4. The topological polar surface area (TPSA) is 153 Å². The average molecular weight is 954 g/mol. The number of fused-ring (bicyclic) bond motifs is 1. The minimum atomic E-state index is -0.889. The molecule has 3 heterocycles. The van der Waals surface area contributed by atoms with Gasteiger partial charge in [0.15, 0.2) is 0 Å². The standard InChI is InChI=1S/C24H29FN4O3.C23H31FN4O2.CCl2O/c1-24(2,3)32-23(31)28-13-11-27(12-14-28)21-18-15-26-22(30)29(20(18)10-9-19(21)25)16-17-7-5-4-6-8-17;1-23(2,3)30-22(29)28-13-11-27(12-14-28)21-18(15-25)20(10-9-19(21)24)26-16-17-7-5-4-6-8-17;2-1(3)4/h4-10H,11-16H2,1-3H3,(H,26,30);4-10,26H,11-16,25H2,1-3H3;. The van der Waals surface area contributed by atoms with Crippen molar-refractivity contribution >= 4 is 68.9 Å². The number of carbonyl (C=O) groups excluding carboxylic acids is 4. The Labute approximate surface area is 395 Å². The number of piperazine rings is 2. The molecular formula is C48H60Cl2F2N8O6. The van der Waals surface area contributed by atoms with Gasteiger partial charge in [-0.1, -0.05) is 60.7 Å². The zero-order valence-electron chi connectivity index (χ0n) is 38.3. The van der Waals surface area contributed by atoms with Crippen LogP contribution in [0.2, 0.25) is 0 Å². The number of hydrogen-bond acceptors (Lipinski definition) is 10. The fourth-order valence-electron chi connectivity index (χ4n) is 7.65. The highest BCUT2D eigenvalue weighted by molar-refractivity contribution is 6.93. The summed E-state index contributed by atoms with van der Waals surface area (Å²) >= 11 is 8.80. The molecule has 0 atom stereocenters. The molecule has 14 nitrogen and oxygen atoms in total. The fourth-order valence-corrected chi connectivity index (χ4v) is 7.65. The summed E-state index contributed by atoms with van der Waals surface area (Å²) in [5.74, 6) is -0.628. The summed E-state index contributed by atoms with van der Waals surface area (Å²) in [6.45, 7) is 16.4. The molecule has 4 amide bonds. The van der Waals surface area contributed by atoms with Crippen LogP contribution in [0.5, 0.6) is 0 Å². The first-order valence-corrected chi connectivity index (χ1v) is 22.5. The number of hydrogen-bond donors (Lipinski definition) is 3. The van der Waals surface area contributed by atoms with Crippen LogP contribution in [0.15, 0.2) is 84.9 Å². The van der Waals surface area contributed by atoms with Crippen LogP contribution in [0.4, 0.5) is 50.7 Å². The molecule has 66 heavy (non-hydrogen) atoms. The van der Waals surface area contributed by atoms with Gasteiger partial charge in [0, 0.05) is 88.8 Å². The summed E-state index contributed by atoms with van der Waals surface area (Å²) in [6.07, 6.45) is -0.686. The second kappa shape index (κ2) is 23.1. The number of halogens is 4. The van der Waals surface area contributed by atoms with Crippen molar-refractivity contribution in [2.24, 2.45) is 5.73 Å². The number of ether oxygens (including phenoxy) is 2. The third-order valence-electron chi connectivity index (χ3n) is 10.6. The first-order chi connectivity index (χ1) is 31.2. The van der Waals surface area contributed by atoms with Crippen LogP contribution >= 0.6 is 23.2 Å². The van der Waals surface area contributed by atoms with Crippen molar-refractivity contribution in [2.45, 2.75) is 78.9 Å². The van der Waals surface area contributed by atoms with Crippen LogP contribution in [0.3, 0.4) is 0 Å². The molecule has 7 rings (SSSR count). The van der Waals surface area contributed by atoms with E-state index in [0.29, 0.717) is 82.5 Å². The lowest BCUT2D eigenvalue weighted by molar-refractivity contribution is 0.0230. The Morgan fingerprint density at radius 2 is 1.14 bits per heavy atom.